The topological polar surface area (TPSA) is 86.8 Å². The number of rotatable bonds is 8. The van der Waals surface area contributed by atoms with Crippen LogP contribution < -0.4 is 20.3 Å². The van der Waals surface area contributed by atoms with Gasteiger partial charge in [0.2, 0.25) is 0 Å². The van der Waals surface area contributed by atoms with Crippen molar-refractivity contribution in [3.63, 3.8) is 0 Å². The normalized spacial score (nSPS) is 23.5. The third-order valence-electron chi connectivity index (χ3n) is 8.25. The van der Waals surface area contributed by atoms with Gasteiger partial charge >= 0.3 is 0 Å². The molecule has 3 saturated heterocycles. The van der Waals surface area contributed by atoms with Crippen LogP contribution >= 0.6 is 0 Å². The number of carbonyl (C=O) groups excluding carboxylic acids is 2. The summed E-state index contributed by atoms with van der Waals surface area (Å²) in [5.74, 6) is 1.55. The second kappa shape index (κ2) is 11.5. The van der Waals surface area contributed by atoms with Crippen LogP contribution in [0.15, 0.2) is 36.5 Å². The van der Waals surface area contributed by atoms with Crippen molar-refractivity contribution in [2.75, 3.05) is 38.2 Å². The SMILES string of the molecule is COc1cccc(C(=O)NC2C[C@H]3CC[C@@H](C2)N3c2ccc(C(=O)NCCN3CCCCC3)cn2)c1C. The van der Waals surface area contributed by atoms with Gasteiger partial charge in [-0.3, -0.25) is 9.59 Å². The molecule has 0 aliphatic carbocycles. The molecular weight excluding hydrogens is 466 g/mol. The third kappa shape index (κ3) is 5.74. The molecule has 1 unspecified atom stereocenters. The molecule has 8 nitrogen and oxygen atoms in total. The number of amides is 2. The maximum Gasteiger partial charge on any atom is 0.252 e. The van der Waals surface area contributed by atoms with Gasteiger partial charge in [0.05, 0.1) is 12.7 Å². The van der Waals surface area contributed by atoms with Crippen LogP contribution in [0.3, 0.4) is 0 Å². The van der Waals surface area contributed by atoms with Crippen LogP contribution in [-0.2, 0) is 0 Å². The highest BCUT2D eigenvalue weighted by molar-refractivity contribution is 5.96. The third-order valence-corrected chi connectivity index (χ3v) is 8.25. The van der Waals surface area contributed by atoms with Gasteiger partial charge in [-0.05, 0) is 82.8 Å². The highest BCUT2D eigenvalue weighted by Gasteiger charge is 2.42. The minimum atomic E-state index is -0.0618. The molecule has 2 N–H and O–H groups in total. The molecule has 3 aliphatic rings. The highest BCUT2D eigenvalue weighted by Crippen LogP contribution is 2.38. The van der Waals surface area contributed by atoms with Gasteiger partial charge in [-0.2, -0.15) is 0 Å². The van der Waals surface area contributed by atoms with Crippen LogP contribution in [0.25, 0.3) is 0 Å². The van der Waals surface area contributed by atoms with Crippen molar-refractivity contribution in [1.82, 2.24) is 20.5 Å². The van der Waals surface area contributed by atoms with Crippen molar-refractivity contribution < 1.29 is 14.3 Å². The number of pyridine rings is 1. The average Bonchev–Trinajstić information content (AvgIpc) is 3.19. The standard InChI is InChI=1S/C29H39N5O3/c1-20-25(7-6-8-26(20)37-2)29(36)32-22-17-23-10-11-24(18-22)34(23)27-12-9-21(19-31-27)28(35)30-13-16-33-14-4-3-5-15-33/h6-9,12,19,22-24H,3-5,10-11,13-18H2,1-2H3,(H,30,35)(H,32,36)/t22?,23-,24+. The lowest BCUT2D eigenvalue weighted by Gasteiger charge is -2.40. The molecule has 1 aromatic carbocycles. The van der Waals surface area contributed by atoms with Gasteiger partial charge in [0.25, 0.3) is 11.8 Å². The number of ether oxygens (including phenoxy) is 1. The number of carbonyl (C=O) groups is 2. The zero-order valence-corrected chi connectivity index (χ0v) is 22.0. The summed E-state index contributed by atoms with van der Waals surface area (Å²) in [6.45, 7) is 5.76. The summed E-state index contributed by atoms with van der Waals surface area (Å²) in [5.41, 5.74) is 2.13. The van der Waals surface area contributed by atoms with Crippen molar-refractivity contribution in [1.29, 1.82) is 0 Å². The molecular formula is C29H39N5O3. The number of hydrogen-bond acceptors (Lipinski definition) is 6. The summed E-state index contributed by atoms with van der Waals surface area (Å²) in [4.78, 5) is 35.1. The van der Waals surface area contributed by atoms with E-state index in [1.807, 2.05) is 37.3 Å². The summed E-state index contributed by atoms with van der Waals surface area (Å²) in [6, 6.07) is 10.3. The molecule has 0 radical (unpaired) electrons. The predicted molar refractivity (Wildman–Crippen MR) is 144 cm³/mol. The van der Waals surface area contributed by atoms with Crippen LogP contribution in [-0.4, -0.2) is 73.1 Å². The summed E-state index contributed by atoms with van der Waals surface area (Å²) in [6.07, 6.45) is 9.50. The largest absolute Gasteiger partial charge is 0.496 e. The van der Waals surface area contributed by atoms with Crippen molar-refractivity contribution in [3.05, 3.63) is 53.2 Å². The Labute approximate surface area is 219 Å². The fraction of sp³-hybridized carbons (Fsp3) is 0.552. The van der Waals surface area contributed by atoms with Crippen molar-refractivity contribution >= 4 is 17.6 Å². The van der Waals surface area contributed by atoms with Crippen molar-refractivity contribution in [2.24, 2.45) is 0 Å². The average molecular weight is 506 g/mol. The van der Waals surface area contributed by atoms with Gasteiger partial charge in [-0.25, -0.2) is 4.98 Å². The Hall–Kier alpha value is -3.13. The Morgan fingerprint density at radius 3 is 2.46 bits per heavy atom. The van der Waals surface area contributed by atoms with Gasteiger partial charge in [0, 0.05) is 48.5 Å². The number of likely N-dealkylation sites (tertiary alicyclic amines) is 1. The molecule has 8 heteroatoms. The summed E-state index contributed by atoms with van der Waals surface area (Å²) < 4.78 is 5.38. The number of nitrogens with zero attached hydrogens (tertiary/aromatic N) is 3. The van der Waals surface area contributed by atoms with Gasteiger partial charge < -0.3 is 25.2 Å². The van der Waals surface area contributed by atoms with Gasteiger partial charge in [-0.15, -0.1) is 0 Å². The van der Waals surface area contributed by atoms with Crippen LogP contribution in [0.1, 0.15) is 71.2 Å². The lowest BCUT2D eigenvalue weighted by atomic mass is 9.96. The number of anilines is 1. The predicted octanol–water partition coefficient (Wildman–Crippen LogP) is 3.54. The fourth-order valence-electron chi connectivity index (χ4n) is 6.30. The second-order valence-electron chi connectivity index (χ2n) is 10.6. The Morgan fingerprint density at radius 2 is 1.78 bits per heavy atom. The quantitative estimate of drug-likeness (QED) is 0.571. The number of benzene rings is 1. The molecule has 2 bridgehead atoms. The maximum atomic E-state index is 13.0. The van der Waals surface area contributed by atoms with E-state index < -0.39 is 0 Å². The fourth-order valence-corrected chi connectivity index (χ4v) is 6.30. The molecule has 0 saturated carbocycles. The van der Waals surface area contributed by atoms with Crippen molar-refractivity contribution in [2.45, 2.75) is 70.0 Å². The van der Waals surface area contributed by atoms with Crippen LogP contribution in [0.5, 0.6) is 5.75 Å². The molecule has 4 heterocycles. The molecule has 5 rings (SSSR count). The second-order valence-corrected chi connectivity index (χ2v) is 10.6. The van der Waals surface area contributed by atoms with E-state index in [1.54, 1.807) is 13.3 Å². The Kier molecular flexibility index (Phi) is 7.93. The molecule has 37 heavy (non-hydrogen) atoms. The lowest BCUT2D eigenvalue weighted by molar-refractivity contribution is 0.0923. The van der Waals surface area contributed by atoms with E-state index in [2.05, 4.69) is 25.4 Å². The van der Waals surface area contributed by atoms with Crippen LogP contribution in [0, 0.1) is 6.92 Å². The number of methoxy groups -OCH3 is 1. The summed E-state index contributed by atoms with van der Waals surface area (Å²) >= 11 is 0. The molecule has 2 aromatic rings. The molecule has 3 atom stereocenters. The number of nitrogens with one attached hydrogen (secondary N) is 2. The van der Waals surface area contributed by atoms with E-state index >= 15 is 0 Å². The first-order valence-electron chi connectivity index (χ1n) is 13.7. The minimum Gasteiger partial charge on any atom is -0.496 e. The van der Waals surface area contributed by atoms with E-state index in [4.69, 9.17) is 4.74 Å². The molecule has 3 aliphatic heterocycles. The molecule has 3 fully saturated rings. The molecule has 0 spiro atoms. The maximum absolute atomic E-state index is 13.0. The number of fused-ring (bicyclic) bond motifs is 2. The number of hydrogen-bond donors (Lipinski definition) is 2. The van der Waals surface area contributed by atoms with E-state index in [-0.39, 0.29) is 17.9 Å². The Balaban J connectivity index is 1.15. The Bertz CT molecular complexity index is 1090. The minimum absolute atomic E-state index is 0.0389. The summed E-state index contributed by atoms with van der Waals surface area (Å²) in [5, 5.41) is 6.31. The molecule has 2 amide bonds. The van der Waals surface area contributed by atoms with E-state index in [9.17, 15) is 9.59 Å². The zero-order chi connectivity index (χ0) is 25.8. The van der Waals surface area contributed by atoms with Crippen molar-refractivity contribution in [3.8, 4) is 5.75 Å². The van der Waals surface area contributed by atoms with E-state index in [0.717, 1.165) is 62.4 Å². The molecule has 198 valence electrons. The van der Waals surface area contributed by atoms with Crippen LogP contribution in [0.4, 0.5) is 5.82 Å². The number of piperidine rings is 2. The highest BCUT2D eigenvalue weighted by atomic mass is 16.5. The van der Waals surface area contributed by atoms with E-state index in [0.29, 0.717) is 29.8 Å². The van der Waals surface area contributed by atoms with Crippen LogP contribution in [0.2, 0.25) is 0 Å². The number of aromatic nitrogens is 1. The monoisotopic (exact) mass is 505 g/mol. The first-order valence-corrected chi connectivity index (χ1v) is 13.7. The van der Waals surface area contributed by atoms with E-state index in [1.165, 1.54) is 19.3 Å². The summed E-state index contributed by atoms with van der Waals surface area (Å²) in [7, 11) is 1.63. The molecule has 1 aromatic heterocycles. The zero-order valence-electron chi connectivity index (χ0n) is 22.0. The first kappa shape index (κ1) is 25.5. The Morgan fingerprint density at radius 1 is 1.03 bits per heavy atom. The van der Waals surface area contributed by atoms with Gasteiger partial charge in [0.15, 0.2) is 0 Å². The lowest BCUT2D eigenvalue weighted by Crippen LogP contribution is -2.50. The first-order chi connectivity index (χ1) is 18.0. The van der Waals surface area contributed by atoms with Gasteiger partial charge in [0.1, 0.15) is 11.6 Å². The smallest absolute Gasteiger partial charge is 0.252 e. The van der Waals surface area contributed by atoms with Gasteiger partial charge in [-0.1, -0.05) is 12.5 Å².